The van der Waals surface area contributed by atoms with Crippen molar-refractivity contribution in [3.63, 3.8) is 0 Å². The summed E-state index contributed by atoms with van der Waals surface area (Å²) in [4.78, 5) is 25.1. The molecule has 0 saturated carbocycles. The number of carbonyl (C=O) groups excluding carboxylic acids is 2. The molecule has 1 atom stereocenters. The van der Waals surface area contributed by atoms with Gasteiger partial charge in [0.15, 0.2) is 11.5 Å². The van der Waals surface area contributed by atoms with Crippen LogP contribution in [0.4, 0.5) is 23.7 Å². The molecular weight excluding hydrogens is 415 g/mol. The number of amides is 3. The standard InChI is InChI=1S/C21H20F3N3O4/c1-11-17(19(28)26-14-7-5-4-6-13(14)21(22,23)24)18(27-20(29)25-11)12-8-9-15(30-2)16(10-12)31-3/h4-10,18H,1-3H3,(H,26,28)(H2,25,27,29)/t18-/m0/s1. The molecular formula is C21H20F3N3O4. The third-order valence-corrected chi connectivity index (χ3v) is 4.74. The molecule has 1 aliphatic rings. The minimum Gasteiger partial charge on any atom is -0.493 e. The van der Waals surface area contributed by atoms with Crippen molar-refractivity contribution in [1.29, 1.82) is 0 Å². The number of halogens is 3. The molecule has 1 aliphatic heterocycles. The zero-order valence-corrected chi connectivity index (χ0v) is 16.9. The summed E-state index contributed by atoms with van der Waals surface area (Å²) in [5.41, 5.74) is -0.601. The molecule has 2 aromatic rings. The normalized spacial score (nSPS) is 16.3. The first-order chi connectivity index (χ1) is 14.7. The van der Waals surface area contributed by atoms with Crippen molar-refractivity contribution in [3.05, 3.63) is 64.9 Å². The number of ether oxygens (including phenoxy) is 2. The fraction of sp³-hybridized carbons (Fsp3) is 0.238. The van der Waals surface area contributed by atoms with Crippen molar-refractivity contribution in [2.75, 3.05) is 19.5 Å². The number of hydrogen-bond acceptors (Lipinski definition) is 4. The van der Waals surface area contributed by atoms with Gasteiger partial charge in [-0.1, -0.05) is 18.2 Å². The van der Waals surface area contributed by atoms with Gasteiger partial charge in [0.2, 0.25) is 0 Å². The number of carbonyl (C=O) groups is 2. The number of nitrogens with one attached hydrogen (secondary N) is 3. The molecule has 2 aromatic carbocycles. The minimum atomic E-state index is -4.64. The number of alkyl halides is 3. The van der Waals surface area contributed by atoms with E-state index in [1.54, 1.807) is 18.2 Å². The molecule has 10 heteroatoms. The molecule has 0 bridgehead atoms. The third kappa shape index (κ3) is 4.57. The first kappa shape index (κ1) is 22.0. The lowest BCUT2D eigenvalue weighted by Gasteiger charge is -2.29. The van der Waals surface area contributed by atoms with Crippen LogP contribution in [0, 0.1) is 0 Å². The average molecular weight is 435 g/mol. The van der Waals surface area contributed by atoms with Crippen LogP contribution in [0.3, 0.4) is 0 Å². The molecule has 3 amide bonds. The fourth-order valence-electron chi connectivity index (χ4n) is 3.31. The second-order valence-corrected chi connectivity index (χ2v) is 6.68. The van der Waals surface area contributed by atoms with Crippen LogP contribution < -0.4 is 25.4 Å². The van der Waals surface area contributed by atoms with E-state index in [9.17, 15) is 22.8 Å². The van der Waals surface area contributed by atoms with Gasteiger partial charge in [-0.25, -0.2) is 4.79 Å². The lowest BCUT2D eigenvalue weighted by atomic mass is 9.94. The summed E-state index contributed by atoms with van der Waals surface area (Å²) in [6.45, 7) is 1.50. The van der Waals surface area contributed by atoms with E-state index in [1.165, 1.54) is 33.3 Å². The van der Waals surface area contributed by atoms with Crippen molar-refractivity contribution in [2.45, 2.75) is 19.1 Å². The number of benzene rings is 2. The van der Waals surface area contributed by atoms with Gasteiger partial charge >= 0.3 is 12.2 Å². The number of hydrogen-bond donors (Lipinski definition) is 3. The second-order valence-electron chi connectivity index (χ2n) is 6.68. The summed E-state index contributed by atoms with van der Waals surface area (Å²) in [7, 11) is 2.90. The van der Waals surface area contributed by atoms with Gasteiger partial charge in [0.1, 0.15) is 0 Å². The van der Waals surface area contributed by atoms with Crippen molar-refractivity contribution < 1.29 is 32.2 Å². The molecule has 0 unspecified atom stereocenters. The molecule has 0 saturated heterocycles. The summed E-state index contributed by atoms with van der Waals surface area (Å²) in [5.74, 6) is 0.0198. The lowest BCUT2D eigenvalue weighted by molar-refractivity contribution is -0.137. The first-order valence-electron chi connectivity index (χ1n) is 9.13. The van der Waals surface area contributed by atoms with Crippen LogP contribution >= 0.6 is 0 Å². The molecule has 0 aromatic heterocycles. The Hall–Kier alpha value is -3.69. The maximum absolute atomic E-state index is 13.3. The molecule has 0 radical (unpaired) electrons. The largest absolute Gasteiger partial charge is 0.493 e. The smallest absolute Gasteiger partial charge is 0.418 e. The Balaban J connectivity index is 2.01. The summed E-state index contributed by atoms with van der Waals surface area (Å²) in [5, 5.41) is 7.43. The van der Waals surface area contributed by atoms with Crippen molar-refractivity contribution in [2.24, 2.45) is 0 Å². The Morgan fingerprint density at radius 2 is 1.74 bits per heavy atom. The highest BCUT2D eigenvalue weighted by Crippen LogP contribution is 2.37. The van der Waals surface area contributed by atoms with Crippen LogP contribution in [0.5, 0.6) is 11.5 Å². The number of allylic oxidation sites excluding steroid dienone is 1. The maximum Gasteiger partial charge on any atom is 0.418 e. The van der Waals surface area contributed by atoms with Gasteiger partial charge in [-0.05, 0) is 36.8 Å². The summed E-state index contributed by atoms with van der Waals surface area (Å²) >= 11 is 0. The van der Waals surface area contributed by atoms with Gasteiger partial charge in [-0.2, -0.15) is 13.2 Å². The molecule has 1 heterocycles. The van der Waals surface area contributed by atoms with Crippen molar-refractivity contribution in [3.8, 4) is 11.5 Å². The van der Waals surface area contributed by atoms with Crippen LogP contribution in [0.15, 0.2) is 53.7 Å². The van der Waals surface area contributed by atoms with Gasteiger partial charge < -0.3 is 25.4 Å². The Bertz CT molecular complexity index is 1050. The van der Waals surface area contributed by atoms with E-state index in [2.05, 4.69) is 16.0 Å². The monoisotopic (exact) mass is 435 g/mol. The topological polar surface area (TPSA) is 88.7 Å². The highest BCUT2D eigenvalue weighted by Gasteiger charge is 2.36. The zero-order valence-electron chi connectivity index (χ0n) is 16.9. The first-order valence-corrected chi connectivity index (χ1v) is 9.13. The molecule has 0 spiro atoms. The Morgan fingerprint density at radius 1 is 1.06 bits per heavy atom. The predicted molar refractivity (Wildman–Crippen MR) is 107 cm³/mol. The van der Waals surface area contributed by atoms with Crippen LogP contribution in [-0.2, 0) is 11.0 Å². The van der Waals surface area contributed by atoms with E-state index < -0.39 is 29.7 Å². The molecule has 0 aliphatic carbocycles. The van der Waals surface area contributed by atoms with E-state index in [0.29, 0.717) is 17.1 Å². The van der Waals surface area contributed by atoms with E-state index in [-0.39, 0.29) is 17.0 Å². The number of anilines is 1. The molecule has 164 valence electrons. The summed E-state index contributed by atoms with van der Waals surface area (Å²) in [6.07, 6.45) is -4.64. The molecule has 0 fully saturated rings. The average Bonchev–Trinajstić information content (AvgIpc) is 2.72. The molecule has 31 heavy (non-hydrogen) atoms. The van der Waals surface area contributed by atoms with Gasteiger partial charge in [0, 0.05) is 5.70 Å². The Morgan fingerprint density at radius 3 is 2.39 bits per heavy atom. The van der Waals surface area contributed by atoms with E-state index >= 15 is 0 Å². The van der Waals surface area contributed by atoms with Crippen LogP contribution in [0.25, 0.3) is 0 Å². The van der Waals surface area contributed by atoms with Gasteiger partial charge in [-0.3, -0.25) is 4.79 Å². The fourth-order valence-corrected chi connectivity index (χ4v) is 3.31. The van der Waals surface area contributed by atoms with E-state index in [0.717, 1.165) is 12.1 Å². The molecule has 3 N–H and O–H groups in total. The number of rotatable bonds is 5. The SMILES string of the molecule is COc1ccc([C@@H]2NC(=O)NC(C)=C2C(=O)Nc2ccccc2C(F)(F)F)cc1OC. The van der Waals surface area contributed by atoms with Crippen LogP contribution in [-0.4, -0.2) is 26.2 Å². The summed E-state index contributed by atoms with van der Waals surface area (Å²) < 4.78 is 50.4. The Labute approximate surface area is 176 Å². The third-order valence-electron chi connectivity index (χ3n) is 4.74. The van der Waals surface area contributed by atoms with E-state index in [1.807, 2.05) is 0 Å². The van der Waals surface area contributed by atoms with Crippen LogP contribution in [0.2, 0.25) is 0 Å². The van der Waals surface area contributed by atoms with Gasteiger partial charge in [-0.15, -0.1) is 0 Å². The van der Waals surface area contributed by atoms with Gasteiger partial charge in [0.25, 0.3) is 5.91 Å². The predicted octanol–water partition coefficient (Wildman–Crippen LogP) is 3.99. The van der Waals surface area contributed by atoms with Crippen molar-refractivity contribution >= 4 is 17.6 Å². The highest BCUT2D eigenvalue weighted by atomic mass is 19.4. The van der Waals surface area contributed by atoms with Gasteiger partial charge in [0.05, 0.1) is 37.1 Å². The highest BCUT2D eigenvalue weighted by molar-refractivity contribution is 6.07. The lowest BCUT2D eigenvalue weighted by Crippen LogP contribution is -2.46. The Kier molecular flexibility index (Phi) is 6.09. The van der Waals surface area contributed by atoms with Crippen LogP contribution in [0.1, 0.15) is 24.1 Å². The molecule has 3 rings (SSSR count). The van der Waals surface area contributed by atoms with Crippen molar-refractivity contribution in [1.82, 2.24) is 10.6 Å². The maximum atomic E-state index is 13.3. The van der Waals surface area contributed by atoms with E-state index in [4.69, 9.17) is 9.47 Å². The second kappa shape index (κ2) is 8.58. The summed E-state index contributed by atoms with van der Waals surface area (Å²) in [6, 6.07) is 8.00. The number of urea groups is 1. The zero-order chi connectivity index (χ0) is 22.8. The quantitative estimate of drug-likeness (QED) is 0.663. The molecule has 7 nitrogen and oxygen atoms in total. The number of para-hydroxylation sites is 1. The minimum absolute atomic E-state index is 0.0591. The number of methoxy groups -OCH3 is 2.